The predicted octanol–water partition coefficient (Wildman–Crippen LogP) is -2.73. The molecule has 0 spiro atoms. The van der Waals surface area contributed by atoms with Crippen LogP contribution < -0.4 is 17.0 Å². The van der Waals surface area contributed by atoms with E-state index in [1.54, 1.807) is 0 Å². The Labute approximate surface area is 71.5 Å². The van der Waals surface area contributed by atoms with Crippen molar-refractivity contribution in [2.24, 2.45) is 11.6 Å². The Bertz CT molecular complexity index is 167. The van der Waals surface area contributed by atoms with Gasteiger partial charge in [0.2, 0.25) is 0 Å². The van der Waals surface area contributed by atoms with Crippen LogP contribution in [0.25, 0.3) is 0 Å². The van der Waals surface area contributed by atoms with Gasteiger partial charge in [0.1, 0.15) is 0 Å². The van der Waals surface area contributed by atoms with Crippen molar-refractivity contribution in [3.8, 4) is 0 Å². The number of hydrazine groups is 1. The molecule has 0 aromatic heterocycles. The van der Waals surface area contributed by atoms with Gasteiger partial charge in [-0.25, -0.2) is 0 Å². The third kappa shape index (κ3) is 22.6. The van der Waals surface area contributed by atoms with Crippen LogP contribution in [-0.2, 0) is 10.1 Å². The molecule has 0 saturated carbocycles. The molecule has 0 heterocycles. The third-order valence-corrected chi connectivity index (χ3v) is 1.35. The summed E-state index contributed by atoms with van der Waals surface area (Å²) in [7, 11) is -3.83. The van der Waals surface area contributed by atoms with Crippen LogP contribution in [0.1, 0.15) is 0 Å². The summed E-state index contributed by atoms with van der Waals surface area (Å²) in [4.78, 5) is 0. The van der Waals surface area contributed by atoms with Crippen LogP contribution in [0.3, 0.4) is 0 Å². The van der Waals surface area contributed by atoms with Gasteiger partial charge < -0.3 is 10.8 Å². The van der Waals surface area contributed by atoms with Crippen molar-refractivity contribution in [2.75, 3.05) is 25.4 Å². The average molecular weight is 201 g/mol. The van der Waals surface area contributed by atoms with Crippen LogP contribution in [-0.4, -0.2) is 43.5 Å². The highest BCUT2D eigenvalue weighted by Gasteiger charge is 2.00. The van der Waals surface area contributed by atoms with Crippen LogP contribution in [0.2, 0.25) is 0 Å². The summed E-state index contributed by atoms with van der Waals surface area (Å²) < 4.78 is 27.7. The van der Waals surface area contributed by atoms with Crippen LogP contribution in [0.15, 0.2) is 0 Å². The van der Waals surface area contributed by atoms with E-state index in [0.29, 0.717) is 6.54 Å². The normalized spacial score (nSPS) is 10.3. The Balaban J connectivity index is 0. The largest absolute Gasteiger partial charge is 0.395 e. The second-order valence-electron chi connectivity index (χ2n) is 1.75. The third-order valence-electron chi connectivity index (χ3n) is 0.633. The second kappa shape index (κ2) is 8.84. The van der Waals surface area contributed by atoms with E-state index in [9.17, 15) is 8.42 Å². The topological polar surface area (TPSA) is 139 Å². The number of rotatable bonds is 4. The zero-order valence-electron chi connectivity index (χ0n) is 6.60. The number of nitrogens with two attached hydrogens (primary N) is 2. The van der Waals surface area contributed by atoms with Crippen LogP contribution in [0.4, 0.5) is 0 Å². The molecular weight excluding hydrogens is 186 g/mol. The highest BCUT2D eigenvalue weighted by molar-refractivity contribution is 7.85. The lowest BCUT2D eigenvalue weighted by Gasteiger charge is -1.92. The predicted molar refractivity (Wildman–Crippen MR) is 44.7 cm³/mol. The first kappa shape index (κ1) is 14.3. The molecule has 0 aliphatic carbocycles. The van der Waals surface area contributed by atoms with Gasteiger partial charge in [0.15, 0.2) is 0 Å². The molecule has 8 heteroatoms. The van der Waals surface area contributed by atoms with Crippen molar-refractivity contribution >= 4 is 10.1 Å². The molecule has 0 aliphatic heterocycles. The summed E-state index contributed by atoms with van der Waals surface area (Å²) in [6.45, 7) is 0.541. The van der Waals surface area contributed by atoms with Gasteiger partial charge in [-0.05, 0) is 0 Å². The van der Waals surface area contributed by atoms with E-state index >= 15 is 0 Å². The van der Waals surface area contributed by atoms with Crippen molar-refractivity contribution in [3.05, 3.63) is 0 Å². The molecule has 0 atom stereocenters. The van der Waals surface area contributed by atoms with Crippen molar-refractivity contribution in [1.82, 2.24) is 5.43 Å². The number of hydrogen-bond donors (Lipinski definition) is 5. The van der Waals surface area contributed by atoms with Crippen LogP contribution >= 0.6 is 0 Å². The molecular formula is C4H15N3O4S. The Morgan fingerprint density at radius 1 is 1.42 bits per heavy atom. The summed E-state index contributed by atoms with van der Waals surface area (Å²) in [5.74, 6) is 4.37. The highest BCUT2D eigenvalue weighted by Crippen LogP contribution is 1.75. The first-order valence-electron chi connectivity index (χ1n) is 3.17. The molecule has 0 rings (SSSR count). The molecule has 0 unspecified atom stereocenters. The number of aliphatic hydroxyl groups is 1. The number of nitrogens with one attached hydrogen (secondary N) is 1. The zero-order valence-corrected chi connectivity index (χ0v) is 7.42. The molecule has 0 amide bonds. The van der Waals surface area contributed by atoms with Gasteiger partial charge in [-0.3, -0.25) is 15.8 Å². The maximum atomic E-state index is 9.85. The van der Waals surface area contributed by atoms with Gasteiger partial charge in [0, 0.05) is 13.1 Å². The molecule has 0 fully saturated rings. The minimum absolute atomic E-state index is 0.0683. The van der Waals surface area contributed by atoms with Crippen molar-refractivity contribution in [1.29, 1.82) is 0 Å². The van der Waals surface area contributed by atoms with E-state index in [-0.39, 0.29) is 18.9 Å². The summed E-state index contributed by atoms with van der Waals surface area (Å²) in [5, 5.41) is 7.75. The Kier molecular flexibility index (Phi) is 10.5. The lowest BCUT2D eigenvalue weighted by molar-refractivity contribution is 0.306. The molecule has 0 aromatic carbocycles. The second-order valence-corrected chi connectivity index (χ2v) is 3.32. The van der Waals surface area contributed by atoms with Crippen LogP contribution in [0, 0.1) is 0 Å². The first-order valence-corrected chi connectivity index (χ1v) is 4.78. The highest BCUT2D eigenvalue weighted by atomic mass is 32.2. The SMILES string of the molecule is NCCO.NNCCS(=O)(=O)O. The van der Waals surface area contributed by atoms with Gasteiger partial charge in [-0.1, -0.05) is 0 Å². The number of aliphatic hydroxyl groups excluding tert-OH is 1. The molecule has 0 aromatic rings. The van der Waals surface area contributed by atoms with Gasteiger partial charge in [-0.2, -0.15) is 8.42 Å². The van der Waals surface area contributed by atoms with E-state index < -0.39 is 10.1 Å². The van der Waals surface area contributed by atoms with E-state index in [2.05, 4.69) is 5.43 Å². The molecule has 0 saturated heterocycles. The molecule has 0 bridgehead atoms. The van der Waals surface area contributed by atoms with Crippen LogP contribution in [0.5, 0.6) is 0 Å². The molecule has 7 N–H and O–H groups in total. The van der Waals surface area contributed by atoms with Crippen molar-refractivity contribution in [3.63, 3.8) is 0 Å². The molecule has 12 heavy (non-hydrogen) atoms. The Morgan fingerprint density at radius 3 is 1.92 bits per heavy atom. The monoisotopic (exact) mass is 201 g/mol. The average Bonchev–Trinajstić information content (AvgIpc) is 2.00. The standard InChI is InChI=1S/C2H8N2O3S.C2H7NO/c3-4-1-2-8(5,6)7;3-1-2-4/h4H,1-3H2,(H,5,6,7);4H,1-3H2. The summed E-state index contributed by atoms with van der Waals surface area (Å²) in [6, 6.07) is 0. The first-order chi connectivity index (χ1) is 5.47. The van der Waals surface area contributed by atoms with Gasteiger partial charge in [-0.15, -0.1) is 0 Å². The number of hydrogen-bond acceptors (Lipinski definition) is 6. The Morgan fingerprint density at radius 2 is 1.83 bits per heavy atom. The minimum atomic E-state index is -3.83. The van der Waals surface area contributed by atoms with Gasteiger partial charge in [0.05, 0.1) is 12.4 Å². The van der Waals surface area contributed by atoms with E-state index in [1.165, 1.54) is 0 Å². The van der Waals surface area contributed by atoms with Crippen molar-refractivity contribution in [2.45, 2.75) is 0 Å². The lowest BCUT2D eigenvalue weighted by Crippen LogP contribution is -2.28. The van der Waals surface area contributed by atoms with Gasteiger partial charge >= 0.3 is 0 Å². The van der Waals surface area contributed by atoms with Gasteiger partial charge in [0.25, 0.3) is 10.1 Å². The molecule has 7 nitrogen and oxygen atoms in total. The fourth-order valence-corrected chi connectivity index (χ4v) is 0.564. The molecule has 0 aliphatic rings. The van der Waals surface area contributed by atoms with Crippen molar-refractivity contribution < 1.29 is 18.1 Å². The smallest absolute Gasteiger partial charge is 0.266 e. The molecule has 76 valence electrons. The van der Waals surface area contributed by atoms with E-state index in [4.69, 9.17) is 21.2 Å². The van der Waals surface area contributed by atoms with E-state index in [0.717, 1.165) is 0 Å². The summed E-state index contributed by atoms with van der Waals surface area (Å²) >= 11 is 0. The molecule has 0 radical (unpaired) electrons. The quantitative estimate of drug-likeness (QED) is 0.189. The lowest BCUT2D eigenvalue weighted by atomic mass is 10.8. The summed E-state index contributed by atoms with van der Waals surface area (Å²) in [6.07, 6.45) is 0. The maximum Gasteiger partial charge on any atom is 0.266 e. The van der Waals surface area contributed by atoms with E-state index in [1.807, 2.05) is 0 Å². The summed E-state index contributed by atoms with van der Waals surface area (Å²) in [5.41, 5.74) is 6.86. The fourth-order valence-electron chi connectivity index (χ4n) is 0.188. The maximum absolute atomic E-state index is 9.85. The minimum Gasteiger partial charge on any atom is -0.395 e. The fraction of sp³-hybridized carbons (Fsp3) is 1.00. The Hall–Kier alpha value is -0.250. The zero-order chi connectivity index (χ0) is 10.0.